The molecule has 1 saturated heterocycles. The Hall–Kier alpha value is -1.66. The molecule has 2 rings (SSSR count). The van der Waals surface area contributed by atoms with E-state index in [2.05, 4.69) is 4.90 Å². The Labute approximate surface area is 123 Å². The van der Waals surface area contributed by atoms with Gasteiger partial charge in [-0.25, -0.2) is 0 Å². The van der Waals surface area contributed by atoms with Gasteiger partial charge in [-0.3, -0.25) is 14.9 Å². The first-order valence-corrected chi connectivity index (χ1v) is 6.25. The molecule has 0 radical (unpaired) electrons. The fourth-order valence-electron chi connectivity index (χ4n) is 2.31. The fourth-order valence-corrected chi connectivity index (χ4v) is 2.31. The van der Waals surface area contributed by atoms with Gasteiger partial charge in [0.05, 0.1) is 10.8 Å². The number of carboxylic acids is 1. The zero-order chi connectivity index (χ0) is 13.8. The Morgan fingerprint density at radius 2 is 2.05 bits per heavy atom. The predicted octanol–water partition coefficient (Wildman–Crippen LogP) is 1.97. The highest BCUT2D eigenvalue weighted by atomic mass is 35.5. The van der Waals surface area contributed by atoms with Gasteiger partial charge < -0.3 is 10.0 Å². The Morgan fingerprint density at radius 1 is 1.40 bits per heavy atom. The van der Waals surface area contributed by atoms with Crippen LogP contribution >= 0.6 is 12.4 Å². The van der Waals surface area contributed by atoms with E-state index in [0.717, 1.165) is 25.1 Å². The quantitative estimate of drug-likeness (QED) is 0.664. The third kappa shape index (κ3) is 4.18. The monoisotopic (exact) mass is 300 g/mol. The van der Waals surface area contributed by atoms with Crippen LogP contribution in [0, 0.1) is 16.0 Å². The van der Waals surface area contributed by atoms with E-state index < -0.39 is 10.9 Å². The van der Waals surface area contributed by atoms with E-state index >= 15 is 0 Å². The number of carboxylic acid groups (broad SMARTS) is 1. The maximum Gasteiger partial charge on any atom is 0.307 e. The molecule has 0 amide bonds. The summed E-state index contributed by atoms with van der Waals surface area (Å²) < 4.78 is 0. The zero-order valence-electron chi connectivity index (χ0n) is 10.9. The van der Waals surface area contributed by atoms with Crippen molar-refractivity contribution in [2.24, 2.45) is 5.92 Å². The Morgan fingerprint density at radius 3 is 2.55 bits per heavy atom. The first-order chi connectivity index (χ1) is 9.06. The minimum Gasteiger partial charge on any atom is -0.481 e. The summed E-state index contributed by atoms with van der Waals surface area (Å²) in [6.45, 7) is 2.20. The van der Waals surface area contributed by atoms with Crippen LogP contribution in [0.2, 0.25) is 0 Å². The van der Waals surface area contributed by atoms with Gasteiger partial charge >= 0.3 is 5.97 Å². The van der Waals surface area contributed by atoms with Crippen molar-refractivity contribution in [1.29, 1.82) is 0 Å². The summed E-state index contributed by atoms with van der Waals surface area (Å²) >= 11 is 0. The number of nitro groups is 1. The van der Waals surface area contributed by atoms with Crippen LogP contribution in [0.25, 0.3) is 0 Å². The molecule has 0 bridgehead atoms. The number of nitrogens with zero attached hydrogens (tertiary/aromatic N) is 2. The fraction of sp³-hybridized carbons (Fsp3) is 0.462. The van der Waals surface area contributed by atoms with Crippen molar-refractivity contribution in [3.8, 4) is 0 Å². The first-order valence-electron chi connectivity index (χ1n) is 6.25. The summed E-state index contributed by atoms with van der Waals surface area (Å²) in [5.74, 6) is -0.977. The summed E-state index contributed by atoms with van der Waals surface area (Å²) in [6.07, 6.45) is 1.49. The number of carbonyl (C=O) groups is 1. The van der Waals surface area contributed by atoms with Gasteiger partial charge in [-0.15, -0.1) is 12.4 Å². The zero-order valence-corrected chi connectivity index (χ0v) is 11.7. The lowest BCUT2D eigenvalue weighted by Crippen LogP contribution is -2.25. The van der Waals surface area contributed by atoms with Gasteiger partial charge in [0, 0.05) is 25.2 Å². The molecular formula is C13H17ClN2O4. The molecule has 1 atom stereocenters. The highest BCUT2D eigenvalue weighted by Gasteiger charge is 2.27. The Kier molecular flexibility index (Phi) is 5.91. The SMILES string of the molecule is Cl.O=C(O)C1CCN(CCc2ccc([N+](=O)[O-])cc2)C1. The normalized spacial score (nSPS) is 18.5. The molecule has 1 fully saturated rings. The summed E-state index contributed by atoms with van der Waals surface area (Å²) in [7, 11) is 0. The molecule has 1 heterocycles. The van der Waals surface area contributed by atoms with Crippen molar-refractivity contribution in [1.82, 2.24) is 4.90 Å². The number of likely N-dealkylation sites (tertiary alicyclic amines) is 1. The second-order valence-corrected chi connectivity index (χ2v) is 4.80. The number of rotatable bonds is 5. The van der Waals surface area contributed by atoms with E-state index in [9.17, 15) is 14.9 Å². The number of non-ortho nitro benzene ring substituents is 1. The standard InChI is InChI=1S/C13H16N2O4.ClH/c16-13(17)11-6-8-14(9-11)7-5-10-1-3-12(4-2-10)15(18)19;/h1-4,11H,5-9H2,(H,16,17);1H. The third-order valence-corrected chi connectivity index (χ3v) is 3.49. The molecule has 6 nitrogen and oxygen atoms in total. The van der Waals surface area contributed by atoms with Crippen molar-refractivity contribution < 1.29 is 14.8 Å². The smallest absolute Gasteiger partial charge is 0.307 e. The average molecular weight is 301 g/mol. The van der Waals surface area contributed by atoms with Crippen molar-refractivity contribution in [2.45, 2.75) is 12.8 Å². The number of hydrogen-bond acceptors (Lipinski definition) is 4. The summed E-state index contributed by atoms with van der Waals surface area (Å²) in [4.78, 5) is 23.1. The molecule has 1 aliphatic heterocycles. The lowest BCUT2D eigenvalue weighted by atomic mass is 10.1. The number of aliphatic carboxylic acids is 1. The van der Waals surface area contributed by atoms with Crippen LogP contribution in [0.3, 0.4) is 0 Å². The van der Waals surface area contributed by atoms with Crippen molar-refractivity contribution in [2.75, 3.05) is 19.6 Å². The van der Waals surface area contributed by atoms with Gasteiger partial charge in [-0.1, -0.05) is 12.1 Å². The van der Waals surface area contributed by atoms with E-state index in [0.29, 0.717) is 13.0 Å². The van der Waals surface area contributed by atoms with Gasteiger partial charge in [0.1, 0.15) is 0 Å². The largest absolute Gasteiger partial charge is 0.481 e. The van der Waals surface area contributed by atoms with Gasteiger partial charge in [-0.05, 0) is 24.9 Å². The first kappa shape index (κ1) is 16.4. The predicted molar refractivity (Wildman–Crippen MR) is 76.2 cm³/mol. The maximum atomic E-state index is 10.8. The highest BCUT2D eigenvalue weighted by molar-refractivity contribution is 5.85. The highest BCUT2D eigenvalue weighted by Crippen LogP contribution is 2.17. The topological polar surface area (TPSA) is 83.7 Å². The molecule has 110 valence electrons. The molecule has 1 aromatic carbocycles. The van der Waals surface area contributed by atoms with E-state index in [1.165, 1.54) is 12.1 Å². The molecule has 20 heavy (non-hydrogen) atoms. The molecule has 0 spiro atoms. The number of hydrogen-bond donors (Lipinski definition) is 1. The van der Waals surface area contributed by atoms with Crippen LogP contribution in [0.4, 0.5) is 5.69 Å². The van der Waals surface area contributed by atoms with Gasteiger partial charge in [0.15, 0.2) is 0 Å². The second kappa shape index (κ2) is 7.21. The number of benzene rings is 1. The maximum absolute atomic E-state index is 10.8. The van der Waals surface area contributed by atoms with Gasteiger partial charge in [0.2, 0.25) is 0 Å². The van der Waals surface area contributed by atoms with E-state index in [1.807, 2.05) is 0 Å². The summed E-state index contributed by atoms with van der Waals surface area (Å²) in [6, 6.07) is 6.50. The molecule has 1 N–H and O–H groups in total. The minimum absolute atomic E-state index is 0. The second-order valence-electron chi connectivity index (χ2n) is 4.80. The summed E-state index contributed by atoms with van der Waals surface area (Å²) in [5.41, 5.74) is 1.13. The van der Waals surface area contributed by atoms with Crippen LogP contribution in [0.15, 0.2) is 24.3 Å². The van der Waals surface area contributed by atoms with Crippen LogP contribution < -0.4 is 0 Å². The van der Waals surface area contributed by atoms with E-state index in [-0.39, 0.29) is 24.0 Å². The number of nitro benzene ring substituents is 1. The van der Waals surface area contributed by atoms with Gasteiger partial charge in [-0.2, -0.15) is 0 Å². The molecule has 0 aromatic heterocycles. The van der Waals surface area contributed by atoms with Crippen molar-refractivity contribution >= 4 is 24.1 Å². The Balaban J connectivity index is 0.00000200. The molecule has 7 heteroatoms. The third-order valence-electron chi connectivity index (χ3n) is 3.49. The van der Waals surface area contributed by atoms with Crippen LogP contribution in [0.1, 0.15) is 12.0 Å². The molecule has 1 aliphatic rings. The summed E-state index contributed by atoms with van der Waals surface area (Å²) in [5, 5.41) is 19.4. The average Bonchev–Trinajstić information content (AvgIpc) is 2.86. The number of halogens is 1. The van der Waals surface area contributed by atoms with Crippen LogP contribution in [0.5, 0.6) is 0 Å². The molecule has 1 unspecified atom stereocenters. The molecular weight excluding hydrogens is 284 g/mol. The van der Waals surface area contributed by atoms with Crippen molar-refractivity contribution in [3.63, 3.8) is 0 Å². The van der Waals surface area contributed by atoms with Crippen LogP contribution in [-0.4, -0.2) is 40.5 Å². The minimum atomic E-state index is -0.724. The Bertz CT molecular complexity index is 478. The molecule has 0 aliphatic carbocycles. The lowest BCUT2D eigenvalue weighted by Gasteiger charge is -2.14. The lowest BCUT2D eigenvalue weighted by molar-refractivity contribution is -0.384. The van der Waals surface area contributed by atoms with Crippen molar-refractivity contribution in [3.05, 3.63) is 39.9 Å². The van der Waals surface area contributed by atoms with E-state index in [1.54, 1.807) is 12.1 Å². The van der Waals surface area contributed by atoms with Crippen LogP contribution in [-0.2, 0) is 11.2 Å². The van der Waals surface area contributed by atoms with Gasteiger partial charge in [0.25, 0.3) is 5.69 Å². The molecule has 1 aromatic rings. The molecule has 0 saturated carbocycles. The van der Waals surface area contributed by atoms with E-state index in [4.69, 9.17) is 5.11 Å².